The van der Waals surface area contributed by atoms with Crippen LogP contribution in [0.5, 0.6) is 0 Å². The van der Waals surface area contributed by atoms with Crippen LogP contribution in [0.1, 0.15) is 25.3 Å². The summed E-state index contributed by atoms with van der Waals surface area (Å²) in [5.41, 5.74) is 1.32. The van der Waals surface area contributed by atoms with Gasteiger partial charge in [-0.15, -0.1) is 0 Å². The molecule has 1 aliphatic heterocycles. The number of carbonyl (C=O) groups is 1. The normalized spacial score (nSPS) is 17.9. The molecule has 0 radical (unpaired) electrons. The number of carbonyl (C=O) groups excluding carboxylic acids is 1. The van der Waals surface area contributed by atoms with Gasteiger partial charge in [0.15, 0.2) is 9.84 Å². The van der Waals surface area contributed by atoms with Gasteiger partial charge in [-0.2, -0.15) is 0 Å². The van der Waals surface area contributed by atoms with Gasteiger partial charge in [-0.25, -0.2) is 13.2 Å². The van der Waals surface area contributed by atoms with Gasteiger partial charge in [-0.3, -0.25) is 0 Å². The van der Waals surface area contributed by atoms with Crippen molar-refractivity contribution in [2.45, 2.75) is 25.5 Å². The number of amides is 2. The van der Waals surface area contributed by atoms with Crippen LogP contribution in [-0.4, -0.2) is 63.7 Å². The maximum Gasteiger partial charge on any atom is 0.321 e. The minimum Gasteiger partial charge on any atom is -0.324 e. The quantitative estimate of drug-likeness (QED) is 0.803. The summed E-state index contributed by atoms with van der Waals surface area (Å²) in [5.74, 6) is 0.491. The number of likely N-dealkylation sites (tertiary alicyclic amines) is 1. The van der Waals surface area contributed by atoms with E-state index in [1.807, 2.05) is 4.90 Å². The van der Waals surface area contributed by atoms with Gasteiger partial charge in [0.05, 0.1) is 5.75 Å². The van der Waals surface area contributed by atoms with Gasteiger partial charge in [0.25, 0.3) is 0 Å². The SMILES string of the molecule is CCCN(C)CC1CCN(C(=O)Nc2cccc(CS(C)(=O)=O)c2)C1. The van der Waals surface area contributed by atoms with Crippen LogP contribution in [0.25, 0.3) is 0 Å². The fourth-order valence-corrected chi connectivity index (χ4v) is 4.11. The van der Waals surface area contributed by atoms with Gasteiger partial charge >= 0.3 is 6.03 Å². The van der Waals surface area contributed by atoms with Gasteiger partial charge < -0.3 is 15.1 Å². The molecule has 140 valence electrons. The van der Waals surface area contributed by atoms with E-state index >= 15 is 0 Å². The Labute approximate surface area is 151 Å². The third kappa shape index (κ3) is 6.66. The average Bonchev–Trinajstić information content (AvgIpc) is 2.94. The molecule has 1 fully saturated rings. The number of hydrogen-bond donors (Lipinski definition) is 1. The molecule has 0 bridgehead atoms. The zero-order chi connectivity index (χ0) is 18.4. The van der Waals surface area contributed by atoms with Gasteiger partial charge in [0.2, 0.25) is 0 Å². The fourth-order valence-electron chi connectivity index (χ4n) is 3.32. The Morgan fingerprint density at radius 1 is 1.40 bits per heavy atom. The summed E-state index contributed by atoms with van der Waals surface area (Å²) in [6, 6.07) is 6.92. The molecule has 1 atom stereocenters. The number of nitrogens with zero attached hydrogens (tertiary/aromatic N) is 2. The highest BCUT2D eigenvalue weighted by Crippen LogP contribution is 2.19. The summed E-state index contributed by atoms with van der Waals surface area (Å²) in [6.07, 6.45) is 3.37. The Kier molecular flexibility index (Phi) is 6.84. The molecule has 2 amide bonds. The molecule has 0 aromatic heterocycles. The molecule has 1 aliphatic rings. The molecular formula is C18H29N3O3S. The van der Waals surface area contributed by atoms with Crippen molar-refractivity contribution in [3.05, 3.63) is 29.8 Å². The zero-order valence-electron chi connectivity index (χ0n) is 15.4. The van der Waals surface area contributed by atoms with Gasteiger partial charge in [0.1, 0.15) is 0 Å². The molecule has 1 aromatic carbocycles. The van der Waals surface area contributed by atoms with Crippen molar-refractivity contribution in [1.29, 1.82) is 0 Å². The van der Waals surface area contributed by atoms with Crippen LogP contribution in [-0.2, 0) is 15.6 Å². The first-order valence-corrected chi connectivity index (χ1v) is 10.8. The number of hydrogen-bond acceptors (Lipinski definition) is 4. The van der Waals surface area contributed by atoms with Crippen LogP contribution < -0.4 is 5.32 Å². The zero-order valence-corrected chi connectivity index (χ0v) is 16.2. The minimum atomic E-state index is -3.09. The van der Waals surface area contributed by atoms with Crippen LogP contribution in [0.3, 0.4) is 0 Å². The Balaban J connectivity index is 1.89. The van der Waals surface area contributed by atoms with Crippen molar-refractivity contribution in [2.75, 3.05) is 44.8 Å². The molecule has 2 rings (SSSR count). The number of urea groups is 1. The summed E-state index contributed by atoms with van der Waals surface area (Å²) >= 11 is 0. The number of rotatable bonds is 7. The van der Waals surface area contributed by atoms with E-state index in [1.54, 1.807) is 24.3 Å². The highest BCUT2D eigenvalue weighted by molar-refractivity contribution is 7.89. The van der Waals surface area contributed by atoms with E-state index in [4.69, 9.17) is 0 Å². The van der Waals surface area contributed by atoms with E-state index < -0.39 is 9.84 Å². The maximum atomic E-state index is 12.5. The maximum absolute atomic E-state index is 12.5. The predicted molar refractivity (Wildman–Crippen MR) is 101 cm³/mol. The second-order valence-electron chi connectivity index (χ2n) is 7.06. The monoisotopic (exact) mass is 367 g/mol. The molecule has 6 nitrogen and oxygen atoms in total. The fraction of sp³-hybridized carbons (Fsp3) is 0.611. The molecule has 7 heteroatoms. The summed E-state index contributed by atoms with van der Waals surface area (Å²) < 4.78 is 22.8. The molecule has 0 spiro atoms. The van der Waals surface area contributed by atoms with Crippen molar-refractivity contribution < 1.29 is 13.2 Å². The lowest BCUT2D eigenvalue weighted by atomic mass is 10.1. The van der Waals surface area contributed by atoms with Crippen molar-refractivity contribution >= 4 is 21.6 Å². The molecule has 1 unspecified atom stereocenters. The molecule has 0 saturated carbocycles. The smallest absolute Gasteiger partial charge is 0.321 e. The second kappa shape index (κ2) is 8.67. The lowest BCUT2D eigenvalue weighted by molar-refractivity contribution is 0.217. The Morgan fingerprint density at radius 3 is 2.84 bits per heavy atom. The largest absolute Gasteiger partial charge is 0.324 e. The topological polar surface area (TPSA) is 69.7 Å². The third-order valence-corrected chi connectivity index (χ3v) is 5.21. The van der Waals surface area contributed by atoms with E-state index in [0.29, 0.717) is 17.2 Å². The van der Waals surface area contributed by atoms with E-state index in [9.17, 15) is 13.2 Å². The average molecular weight is 368 g/mol. The number of nitrogens with one attached hydrogen (secondary N) is 1. The van der Waals surface area contributed by atoms with Crippen molar-refractivity contribution in [2.24, 2.45) is 5.92 Å². The van der Waals surface area contributed by atoms with Gasteiger partial charge in [-0.1, -0.05) is 19.1 Å². The van der Waals surface area contributed by atoms with E-state index in [-0.39, 0.29) is 11.8 Å². The van der Waals surface area contributed by atoms with Crippen LogP contribution in [0.4, 0.5) is 10.5 Å². The van der Waals surface area contributed by atoms with Crippen LogP contribution >= 0.6 is 0 Å². The molecule has 1 aromatic rings. The minimum absolute atomic E-state index is 0.0216. The number of anilines is 1. The highest BCUT2D eigenvalue weighted by Gasteiger charge is 2.27. The lowest BCUT2D eigenvalue weighted by Crippen LogP contribution is -2.34. The van der Waals surface area contributed by atoms with Crippen molar-refractivity contribution in [1.82, 2.24) is 9.80 Å². The molecule has 25 heavy (non-hydrogen) atoms. The predicted octanol–water partition coefficient (Wildman–Crippen LogP) is 2.43. The molecule has 1 heterocycles. The molecule has 1 N–H and O–H groups in total. The Hall–Kier alpha value is -1.60. The first-order valence-electron chi connectivity index (χ1n) is 8.78. The summed E-state index contributed by atoms with van der Waals surface area (Å²) in [6.45, 7) is 5.79. The van der Waals surface area contributed by atoms with Gasteiger partial charge in [-0.05, 0) is 50.0 Å². The standard InChI is InChI=1S/C18H29N3O3S/c1-4-9-20(2)12-16-8-10-21(13-16)18(22)19-17-7-5-6-15(11-17)14-25(3,23)24/h5-7,11,16H,4,8-10,12-14H2,1-3H3,(H,19,22). The number of benzene rings is 1. The van der Waals surface area contributed by atoms with Crippen LogP contribution in [0.15, 0.2) is 24.3 Å². The Bertz CT molecular complexity index is 691. The van der Waals surface area contributed by atoms with E-state index in [1.165, 1.54) is 6.26 Å². The molecule has 0 aliphatic carbocycles. The summed E-state index contributed by atoms with van der Waals surface area (Å²) in [4.78, 5) is 16.6. The highest BCUT2D eigenvalue weighted by atomic mass is 32.2. The van der Waals surface area contributed by atoms with E-state index in [0.717, 1.165) is 39.0 Å². The van der Waals surface area contributed by atoms with E-state index in [2.05, 4.69) is 24.2 Å². The van der Waals surface area contributed by atoms with Crippen LogP contribution in [0.2, 0.25) is 0 Å². The molecule has 1 saturated heterocycles. The van der Waals surface area contributed by atoms with Gasteiger partial charge in [0, 0.05) is 31.6 Å². The summed E-state index contributed by atoms with van der Waals surface area (Å²) in [7, 11) is -0.965. The van der Waals surface area contributed by atoms with Crippen molar-refractivity contribution in [3.8, 4) is 0 Å². The lowest BCUT2D eigenvalue weighted by Gasteiger charge is -2.21. The first-order chi connectivity index (χ1) is 11.8. The summed E-state index contributed by atoms with van der Waals surface area (Å²) in [5, 5.41) is 2.89. The van der Waals surface area contributed by atoms with Crippen LogP contribution in [0, 0.1) is 5.92 Å². The first kappa shape index (κ1) is 19.7. The molecular weight excluding hydrogens is 338 g/mol. The Morgan fingerprint density at radius 2 is 2.16 bits per heavy atom. The second-order valence-corrected chi connectivity index (χ2v) is 9.20. The number of sulfone groups is 1. The third-order valence-electron chi connectivity index (χ3n) is 4.36. The van der Waals surface area contributed by atoms with Crippen molar-refractivity contribution in [3.63, 3.8) is 0 Å².